The Morgan fingerprint density at radius 3 is 2.04 bits per heavy atom. The van der Waals surface area contributed by atoms with E-state index in [1.54, 1.807) is 42.5 Å². The summed E-state index contributed by atoms with van der Waals surface area (Å²) in [6.45, 7) is 0. The van der Waals surface area contributed by atoms with E-state index in [-0.39, 0.29) is 0 Å². The van der Waals surface area contributed by atoms with Crippen molar-refractivity contribution in [2.24, 2.45) is 0 Å². The standard InChI is InChI=1S/C24H18N2O2/c25-19-9-7-16(8-10-19)23(27)24(28)21-12-11-20(26)14-22(21)18-6-5-15-3-1-2-4-17(15)13-18/h1-14H,25-26H2. The molecule has 4 rings (SSSR count). The number of hydrogen-bond acceptors (Lipinski definition) is 4. The molecule has 0 heterocycles. The molecule has 0 aromatic heterocycles. The number of carbonyl (C=O) groups excluding carboxylic acids is 2. The van der Waals surface area contributed by atoms with Crippen molar-refractivity contribution >= 4 is 33.7 Å². The van der Waals surface area contributed by atoms with Crippen molar-refractivity contribution in [2.75, 3.05) is 11.5 Å². The predicted octanol–water partition coefficient (Wildman–Crippen LogP) is 4.74. The van der Waals surface area contributed by atoms with E-state index >= 15 is 0 Å². The molecule has 4 N–H and O–H groups in total. The smallest absolute Gasteiger partial charge is 0.234 e. The fraction of sp³-hybridized carbons (Fsp3) is 0. The first-order chi connectivity index (χ1) is 13.5. The van der Waals surface area contributed by atoms with Gasteiger partial charge < -0.3 is 11.5 Å². The number of rotatable bonds is 4. The molecule has 0 atom stereocenters. The second-order valence-electron chi connectivity index (χ2n) is 6.65. The van der Waals surface area contributed by atoms with Crippen LogP contribution in [0.5, 0.6) is 0 Å². The zero-order valence-electron chi connectivity index (χ0n) is 15.1. The molecule has 28 heavy (non-hydrogen) atoms. The Morgan fingerprint density at radius 2 is 1.29 bits per heavy atom. The molecule has 0 aliphatic heterocycles. The van der Waals surface area contributed by atoms with Crippen LogP contribution in [-0.2, 0) is 0 Å². The van der Waals surface area contributed by atoms with Gasteiger partial charge in [0.1, 0.15) is 0 Å². The van der Waals surface area contributed by atoms with Gasteiger partial charge in [0.15, 0.2) is 0 Å². The zero-order valence-corrected chi connectivity index (χ0v) is 15.1. The third-order valence-corrected chi connectivity index (χ3v) is 4.73. The van der Waals surface area contributed by atoms with E-state index in [4.69, 9.17) is 11.5 Å². The molecule has 0 fully saturated rings. The first kappa shape index (κ1) is 17.5. The van der Waals surface area contributed by atoms with Gasteiger partial charge in [-0.3, -0.25) is 9.59 Å². The number of fused-ring (bicyclic) bond motifs is 1. The van der Waals surface area contributed by atoms with Crippen molar-refractivity contribution in [3.8, 4) is 11.1 Å². The van der Waals surface area contributed by atoms with Crippen LogP contribution in [0.15, 0.2) is 84.9 Å². The maximum Gasteiger partial charge on any atom is 0.234 e. The molecular formula is C24H18N2O2. The average Bonchev–Trinajstić information content (AvgIpc) is 2.73. The highest BCUT2D eigenvalue weighted by Gasteiger charge is 2.22. The molecule has 0 saturated heterocycles. The highest BCUT2D eigenvalue weighted by Crippen LogP contribution is 2.30. The summed E-state index contributed by atoms with van der Waals surface area (Å²) in [6.07, 6.45) is 0. The molecule has 0 spiro atoms. The number of nitrogen functional groups attached to an aromatic ring is 2. The van der Waals surface area contributed by atoms with Gasteiger partial charge >= 0.3 is 0 Å². The van der Waals surface area contributed by atoms with Gasteiger partial charge in [-0.15, -0.1) is 0 Å². The maximum absolute atomic E-state index is 13.0. The maximum atomic E-state index is 13.0. The molecule has 4 nitrogen and oxygen atoms in total. The second-order valence-corrected chi connectivity index (χ2v) is 6.65. The summed E-state index contributed by atoms with van der Waals surface area (Å²) < 4.78 is 0. The van der Waals surface area contributed by atoms with Gasteiger partial charge in [-0.2, -0.15) is 0 Å². The summed E-state index contributed by atoms with van der Waals surface area (Å²) >= 11 is 0. The first-order valence-corrected chi connectivity index (χ1v) is 8.86. The lowest BCUT2D eigenvalue weighted by Crippen LogP contribution is -2.15. The molecule has 4 aromatic carbocycles. The van der Waals surface area contributed by atoms with Gasteiger partial charge in [0.25, 0.3) is 0 Å². The minimum absolute atomic E-state index is 0.306. The van der Waals surface area contributed by atoms with Crippen LogP contribution in [-0.4, -0.2) is 11.6 Å². The van der Waals surface area contributed by atoms with Crippen LogP contribution in [0.25, 0.3) is 21.9 Å². The van der Waals surface area contributed by atoms with E-state index in [0.717, 1.165) is 16.3 Å². The number of Topliss-reactive ketones (excluding diaryl/α,β-unsaturated/α-hetero) is 2. The first-order valence-electron chi connectivity index (χ1n) is 8.86. The predicted molar refractivity (Wildman–Crippen MR) is 113 cm³/mol. The van der Waals surface area contributed by atoms with E-state index < -0.39 is 11.6 Å². The summed E-state index contributed by atoms with van der Waals surface area (Å²) in [5.41, 5.74) is 14.8. The van der Waals surface area contributed by atoms with E-state index in [1.807, 2.05) is 42.5 Å². The minimum atomic E-state index is -0.577. The van der Waals surface area contributed by atoms with E-state index in [1.165, 1.54) is 0 Å². The SMILES string of the molecule is Nc1ccc(C(=O)C(=O)c2ccc(N)cc2-c2ccc3ccccc3c2)cc1. The fourth-order valence-corrected chi connectivity index (χ4v) is 3.24. The average molecular weight is 366 g/mol. The van der Waals surface area contributed by atoms with Crippen LogP contribution >= 0.6 is 0 Å². The minimum Gasteiger partial charge on any atom is -0.399 e. The number of anilines is 2. The lowest BCUT2D eigenvalue weighted by atomic mass is 9.92. The summed E-state index contributed by atoms with van der Waals surface area (Å²) in [6, 6.07) is 25.2. The largest absolute Gasteiger partial charge is 0.399 e. The Bertz CT molecular complexity index is 1210. The second kappa shape index (κ2) is 7.00. The lowest BCUT2D eigenvalue weighted by Gasteiger charge is -2.11. The topological polar surface area (TPSA) is 86.2 Å². The molecule has 4 aromatic rings. The quantitative estimate of drug-likeness (QED) is 0.310. The van der Waals surface area contributed by atoms with Crippen molar-refractivity contribution in [1.29, 1.82) is 0 Å². The highest BCUT2D eigenvalue weighted by molar-refractivity contribution is 6.50. The monoisotopic (exact) mass is 366 g/mol. The number of hydrogen-bond donors (Lipinski definition) is 2. The summed E-state index contributed by atoms with van der Waals surface area (Å²) in [7, 11) is 0. The van der Waals surface area contributed by atoms with E-state index in [9.17, 15) is 9.59 Å². The fourth-order valence-electron chi connectivity index (χ4n) is 3.24. The van der Waals surface area contributed by atoms with Crippen LogP contribution in [0, 0.1) is 0 Å². The Labute approximate surface area is 162 Å². The van der Waals surface area contributed by atoms with Gasteiger partial charge in [0, 0.05) is 22.5 Å². The van der Waals surface area contributed by atoms with Gasteiger partial charge in [0.2, 0.25) is 11.6 Å². The molecule has 0 radical (unpaired) electrons. The number of benzene rings is 4. The Kier molecular flexibility index (Phi) is 4.38. The molecule has 0 saturated carbocycles. The van der Waals surface area contributed by atoms with Gasteiger partial charge in [-0.25, -0.2) is 0 Å². The van der Waals surface area contributed by atoms with Gasteiger partial charge in [-0.1, -0.05) is 36.4 Å². The zero-order chi connectivity index (χ0) is 19.7. The molecule has 0 bridgehead atoms. The Morgan fingerprint density at radius 1 is 0.607 bits per heavy atom. The molecule has 0 aliphatic carbocycles. The van der Waals surface area contributed by atoms with Crippen LogP contribution in [0.4, 0.5) is 11.4 Å². The van der Waals surface area contributed by atoms with Crippen molar-refractivity contribution < 1.29 is 9.59 Å². The molecule has 0 unspecified atom stereocenters. The Balaban J connectivity index is 1.80. The normalized spacial score (nSPS) is 10.7. The van der Waals surface area contributed by atoms with E-state index in [2.05, 4.69) is 0 Å². The third-order valence-electron chi connectivity index (χ3n) is 4.73. The number of nitrogens with two attached hydrogens (primary N) is 2. The van der Waals surface area contributed by atoms with Crippen LogP contribution in [0.1, 0.15) is 20.7 Å². The van der Waals surface area contributed by atoms with Crippen molar-refractivity contribution in [3.05, 3.63) is 96.1 Å². The van der Waals surface area contributed by atoms with Gasteiger partial charge in [-0.05, 0) is 70.4 Å². The molecule has 136 valence electrons. The molecule has 0 aliphatic rings. The number of carbonyl (C=O) groups is 2. The highest BCUT2D eigenvalue weighted by atomic mass is 16.2. The molecule has 4 heteroatoms. The lowest BCUT2D eigenvalue weighted by molar-refractivity contribution is 0.0817. The molecule has 0 amide bonds. The summed E-state index contributed by atoms with van der Waals surface area (Å²) in [5.74, 6) is -1.15. The van der Waals surface area contributed by atoms with Gasteiger partial charge in [0.05, 0.1) is 0 Å². The van der Waals surface area contributed by atoms with Crippen LogP contribution < -0.4 is 11.5 Å². The Hall–Kier alpha value is -3.92. The summed E-state index contributed by atoms with van der Waals surface area (Å²) in [5, 5.41) is 2.15. The number of ketones is 2. The van der Waals surface area contributed by atoms with Crippen LogP contribution in [0.3, 0.4) is 0 Å². The van der Waals surface area contributed by atoms with E-state index in [0.29, 0.717) is 28.1 Å². The van der Waals surface area contributed by atoms with Crippen molar-refractivity contribution in [3.63, 3.8) is 0 Å². The van der Waals surface area contributed by atoms with Crippen molar-refractivity contribution in [1.82, 2.24) is 0 Å². The molecular weight excluding hydrogens is 348 g/mol. The third kappa shape index (κ3) is 3.23. The van der Waals surface area contributed by atoms with Crippen LogP contribution in [0.2, 0.25) is 0 Å². The van der Waals surface area contributed by atoms with Crippen molar-refractivity contribution in [2.45, 2.75) is 0 Å². The summed E-state index contributed by atoms with van der Waals surface area (Å²) in [4.78, 5) is 25.7.